The van der Waals surface area contributed by atoms with Crippen molar-refractivity contribution < 1.29 is 4.79 Å². The largest absolute Gasteiger partial charge is 0.387 e. The standard InChI is InChI=1S/C29H34N6O.C2H6/c1-30-23-9-10-27(32-18-23)25-11-14-31-28-26(25)17-24(34(28)4)19-35-15-12-21(13-16-35)20-5-7-22(8-6-20)29(36)33(2)3;1-2/h5-11,14,17-18,21,30H,12-13,15-16,19H2,1-4H3;1-2H3. The third-order valence-corrected chi connectivity index (χ3v) is 7.37. The molecule has 5 rings (SSSR count). The molecule has 38 heavy (non-hydrogen) atoms. The maximum Gasteiger partial charge on any atom is 0.253 e. The second kappa shape index (κ2) is 12.2. The molecule has 1 amide bonds. The number of rotatable bonds is 6. The average molecular weight is 513 g/mol. The fourth-order valence-corrected chi connectivity index (χ4v) is 5.16. The Balaban J connectivity index is 0.00000164. The van der Waals surface area contributed by atoms with Crippen molar-refractivity contribution >= 4 is 22.6 Å². The highest BCUT2D eigenvalue weighted by molar-refractivity contribution is 5.94. The number of piperidine rings is 1. The summed E-state index contributed by atoms with van der Waals surface area (Å²) < 4.78 is 2.22. The van der Waals surface area contributed by atoms with Crippen LogP contribution in [-0.2, 0) is 13.6 Å². The number of hydrogen-bond donors (Lipinski definition) is 1. The number of amides is 1. The van der Waals surface area contributed by atoms with Crippen LogP contribution >= 0.6 is 0 Å². The summed E-state index contributed by atoms with van der Waals surface area (Å²) in [5.74, 6) is 0.590. The Bertz CT molecular complexity index is 1350. The average Bonchev–Trinajstić information content (AvgIpc) is 3.29. The second-order valence-electron chi connectivity index (χ2n) is 9.84. The number of benzene rings is 1. The van der Waals surface area contributed by atoms with Crippen molar-refractivity contribution in [3.8, 4) is 11.3 Å². The minimum Gasteiger partial charge on any atom is -0.387 e. The van der Waals surface area contributed by atoms with E-state index in [1.165, 1.54) is 11.3 Å². The molecule has 7 heteroatoms. The van der Waals surface area contributed by atoms with Gasteiger partial charge in [0.25, 0.3) is 5.91 Å². The number of nitrogens with zero attached hydrogens (tertiary/aromatic N) is 5. The minimum atomic E-state index is 0.0507. The van der Waals surface area contributed by atoms with Crippen LogP contribution in [0.25, 0.3) is 22.3 Å². The maximum atomic E-state index is 12.2. The van der Waals surface area contributed by atoms with Gasteiger partial charge in [0.15, 0.2) is 0 Å². The van der Waals surface area contributed by atoms with Crippen LogP contribution < -0.4 is 5.32 Å². The number of aromatic nitrogens is 3. The number of aryl methyl sites for hydroxylation is 1. The molecule has 200 valence electrons. The van der Waals surface area contributed by atoms with Crippen molar-refractivity contribution in [1.29, 1.82) is 0 Å². The van der Waals surface area contributed by atoms with E-state index in [4.69, 9.17) is 0 Å². The summed E-state index contributed by atoms with van der Waals surface area (Å²) in [7, 11) is 7.58. The van der Waals surface area contributed by atoms with Gasteiger partial charge >= 0.3 is 0 Å². The van der Waals surface area contributed by atoms with E-state index in [9.17, 15) is 4.79 Å². The monoisotopic (exact) mass is 512 g/mol. The van der Waals surface area contributed by atoms with E-state index in [1.54, 1.807) is 19.0 Å². The minimum absolute atomic E-state index is 0.0507. The molecule has 0 aliphatic carbocycles. The molecule has 4 heterocycles. The van der Waals surface area contributed by atoms with E-state index < -0.39 is 0 Å². The zero-order chi connectivity index (χ0) is 27.2. The van der Waals surface area contributed by atoms with Gasteiger partial charge in [-0.1, -0.05) is 26.0 Å². The Morgan fingerprint density at radius 3 is 2.34 bits per heavy atom. The molecule has 1 saturated heterocycles. The highest BCUT2D eigenvalue weighted by atomic mass is 16.2. The highest BCUT2D eigenvalue weighted by Gasteiger charge is 2.22. The number of hydrogen-bond acceptors (Lipinski definition) is 5. The molecular weight excluding hydrogens is 472 g/mol. The van der Waals surface area contributed by atoms with E-state index in [2.05, 4.69) is 68.2 Å². The summed E-state index contributed by atoms with van der Waals surface area (Å²) in [5.41, 5.74) is 7.40. The van der Waals surface area contributed by atoms with Crippen LogP contribution in [0.1, 0.15) is 54.2 Å². The van der Waals surface area contributed by atoms with Gasteiger partial charge in [-0.15, -0.1) is 0 Å². The third kappa shape index (κ3) is 5.73. The Labute approximate surface area is 226 Å². The molecule has 1 N–H and O–H groups in total. The maximum absolute atomic E-state index is 12.2. The molecular formula is C31H40N6O. The summed E-state index contributed by atoms with van der Waals surface area (Å²) >= 11 is 0. The van der Waals surface area contributed by atoms with Gasteiger partial charge in [-0.3, -0.25) is 14.7 Å². The van der Waals surface area contributed by atoms with Crippen molar-refractivity contribution in [1.82, 2.24) is 24.3 Å². The molecule has 0 bridgehead atoms. The van der Waals surface area contributed by atoms with Crippen LogP contribution in [-0.4, -0.2) is 64.5 Å². The molecule has 1 fully saturated rings. The van der Waals surface area contributed by atoms with E-state index in [-0.39, 0.29) is 5.91 Å². The van der Waals surface area contributed by atoms with Gasteiger partial charge in [0, 0.05) is 63.1 Å². The predicted molar refractivity (Wildman–Crippen MR) is 157 cm³/mol. The normalized spacial score (nSPS) is 14.2. The fourth-order valence-electron chi connectivity index (χ4n) is 5.16. The zero-order valence-electron chi connectivity index (χ0n) is 23.5. The molecule has 0 saturated carbocycles. The van der Waals surface area contributed by atoms with Crippen LogP contribution in [0.4, 0.5) is 5.69 Å². The first-order valence-corrected chi connectivity index (χ1v) is 13.6. The fraction of sp³-hybridized carbons (Fsp3) is 0.387. The molecule has 1 aliphatic rings. The number of nitrogens with one attached hydrogen (secondary N) is 1. The first kappa shape index (κ1) is 27.3. The molecule has 1 aliphatic heterocycles. The summed E-state index contributed by atoms with van der Waals surface area (Å²) in [6.07, 6.45) is 5.98. The van der Waals surface area contributed by atoms with Crippen molar-refractivity contribution in [3.05, 3.63) is 77.7 Å². The number of carbonyl (C=O) groups excluding carboxylic acids is 1. The van der Waals surface area contributed by atoms with Crippen molar-refractivity contribution in [2.75, 3.05) is 39.5 Å². The molecule has 0 radical (unpaired) electrons. The molecule has 0 spiro atoms. The Morgan fingerprint density at radius 2 is 1.74 bits per heavy atom. The smallest absolute Gasteiger partial charge is 0.253 e. The Kier molecular flexibility index (Phi) is 8.79. The van der Waals surface area contributed by atoms with Crippen LogP contribution in [0.5, 0.6) is 0 Å². The van der Waals surface area contributed by atoms with Gasteiger partial charge in [-0.25, -0.2) is 4.98 Å². The summed E-state index contributed by atoms with van der Waals surface area (Å²) in [6, 6.07) is 16.6. The van der Waals surface area contributed by atoms with Gasteiger partial charge in [0.1, 0.15) is 5.65 Å². The number of fused-ring (bicyclic) bond motifs is 1. The van der Waals surface area contributed by atoms with Gasteiger partial charge < -0.3 is 14.8 Å². The molecule has 1 aromatic carbocycles. The van der Waals surface area contributed by atoms with Gasteiger partial charge in [-0.05, 0) is 73.8 Å². The number of pyridine rings is 2. The lowest BCUT2D eigenvalue weighted by Crippen LogP contribution is -2.33. The number of likely N-dealkylation sites (tertiary alicyclic amines) is 1. The van der Waals surface area contributed by atoms with Crippen molar-refractivity contribution in [3.63, 3.8) is 0 Å². The van der Waals surface area contributed by atoms with E-state index in [1.807, 2.05) is 45.4 Å². The van der Waals surface area contributed by atoms with Gasteiger partial charge in [0.2, 0.25) is 0 Å². The van der Waals surface area contributed by atoms with E-state index in [0.717, 1.165) is 66.0 Å². The highest BCUT2D eigenvalue weighted by Crippen LogP contribution is 2.32. The van der Waals surface area contributed by atoms with Gasteiger partial charge in [-0.2, -0.15) is 0 Å². The number of anilines is 1. The first-order chi connectivity index (χ1) is 18.4. The van der Waals surface area contributed by atoms with Crippen LogP contribution in [0, 0.1) is 0 Å². The summed E-state index contributed by atoms with van der Waals surface area (Å²) in [5, 5.41) is 4.27. The SMILES string of the molecule is CC.CNc1ccc(-c2ccnc3c2cc(CN2CCC(c4ccc(C(=O)N(C)C)cc4)CC2)n3C)nc1. The zero-order valence-corrected chi connectivity index (χ0v) is 23.5. The second-order valence-corrected chi connectivity index (χ2v) is 9.84. The van der Waals surface area contributed by atoms with Crippen molar-refractivity contribution in [2.24, 2.45) is 7.05 Å². The van der Waals surface area contributed by atoms with Gasteiger partial charge in [0.05, 0.1) is 17.6 Å². The molecule has 3 aromatic heterocycles. The van der Waals surface area contributed by atoms with E-state index in [0.29, 0.717) is 5.92 Å². The van der Waals surface area contributed by atoms with Crippen LogP contribution in [0.3, 0.4) is 0 Å². The lowest BCUT2D eigenvalue weighted by atomic mass is 9.89. The lowest BCUT2D eigenvalue weighted by Gasteiger charge is -2.32. The topological polar surface area (TPSA) is 66.3 Å². The molecule has 0 unspecified atom stereocenters. The van der Waals surface area contributed by atoms with Crippen molar-refractivity contribution in [2.45, 2.75) is 39.2 Å². The molecule has 0 atom stereocenters. The quantitative estimate of drug-likeness (QED) is 0.355. The van der Waals surface area contributed by atoms with Crippen LogP contribution in [0.2, 0.25) is 0 Å². The predicted octanol–water partition coefficient (Wildman–Crippen LogP) is 5.78. The molecule has 7 nitrogen and oxygen atoms in total. The summed E-state index contributed by atoms with van der Waals surface area (Å²) in [4.78, 5) is 25.7. The summed E-state index contributed by atoms with van der Waals surface area (Å²) in [6.45, 7) is 7.01. The molecule has 4 aromatic rings. The van der Waals surface area contributed by atoms with E-state index >= 15 is 0 Å². The van der Waals surface area contributed by atoms with Crippen LogP contribution in [0.15, 0.2) is 60.9 Å². The Morgan fingerprint density at radius 1 is 1.03 bits per heavy atom. The first-order valence-electron chi connectivity index (χ1n) is 13.6. The Hall–Kier alpha value is -3.71. The number of carbonyl (C=O) groups is 1. The third-order valence-electron chi connectivity index (χ3n) is 7.37. The lowest BCUT2D eigenvalue weighted by molar-refractivity contribution is 0.0827.